The lowest BCUT2D eigenvalue weighted by Gasteiger charge is -2.38. The molecule has 0 spiro atoms. The van der Waals surface area contributed by atoms with Crippen LogP contribution in [-0.2, 0) is 17.5 Å². The summed E-state index contributed by atoms with van der Waals surface area (Å²) in [7, 11) is 1.62. The van der Waals surface area contributed by atoms with Crippen molar-refractivity contribution in [1.82, 2.24) is 9.47 Å². The summed E-state index contributed by atoms with van der Waals surface area (Å²) >= 11 is 0. The molecule has 0 N–H and O–H groups in total. The summed E-state index contributed by atoms with van der Waals surface area (Å²) in [6.45, 7) is 3.56. The van der Waals surface area contributed by atoms with E-state index in [1.165, 1.54) is 0 Å². The SMILES string of the molecule is CCC(=O)c1ccc(C(F)(F)F)n(CCCN2CC(OC)C2)c1=O. The summed E-state index contributed by atoms with van der Waals surface area (Å²) in [5.41, 5.74) is -2.07. The number of rotatable bonds is 7. The molecule has 0 unspecified atom stereocenters. The molecule has 5 nitrogen and oxygen atoms in total. The van der Waals surface area contributed by atoms with Gasteiger partial charge >= 0.3 is 6.18 Å². The minimum atomic E-state index is -4.63. The van der Waals surface area contributed by atoms with Crippen LogP contribution in [-0.4, -0.2) is 48.1 Å². The molecule has 1 saturated heterocycles. The number of hydrogen-bond donors (Lipinski definition) is 0. The number of carbonyl (C=O) groups is 1. The lowest BCUT2D eigenvalue weighted by molar-refractivity contribution is -0.144. The fourth-order valence-corrected chi connectivity index (χ4v) is 2.76. The third-order valence-electron chi connectivity index (χ3n) is 4.20. The van der Waals surface area contributed by atoms with Crippen molar-refractivity contribution < 1.29 is 22.7 Å². The summed E-state index contributed by atoms with van der Waals surface area (Å²) in [6, 6.07) is 1.79. The first-order valence-electron chi connectivity index (χ1n) is 7.87. The molecule has 0 atom stereocenters. The van der Waals surface area contributed by atoms with Crippen LogP contribution in [0, 0.1) is 0 Å². The molecule has 0 aliphatic carbocycles. The predicted octanol–water partition coefficient (Wildman–Crippen LogP) is 2.18. The Labute approximate surface area is 138 Å². The van der Waals surface area contributed by atoms with Gasteiger partial charge in [-0.1, -0.05) is 6.92 Å². The van der Waals surface area contributed by atoms with Crippen LogP contribution in [0.25, 0.3) is 0 Å². The van der Waals surface area contributed by atoms with Crippen molar-refractivity contribution in [3.63, 3.8) is 0 Å². The van der Waals surface area contributed by atoms with Crippen molar-refractivity contribution in [2.24, 2.45) is 0 Å². The number of likely N-dealkylation sites (tertiary alicyclic amines) is 1. The molecule has 2 heterocycles. The van der Waals surface area contributed by atoms with Gasteiger partial charge in [-0.3, -0.25) is 14.5 Å². The Hall–Kier alpha value is -1.67. The van der Waals surface area contributed by atoms with E-state index in [1.54, 1.807) is 14.0 Å². The van der Waals surface area contributed by atoms with Gasteiger partial charge in [0.15, 0.2) is 5.78 Å². The van der Waals surface area contributed by atoms with Crippen LogP contribution in [0.1, 0.15) is 35.8 Å². The Morgan fingerprint density at radius 1 is 1.29 bits per heavy atom. The summed E-state index contributed by atoms with van der Waals surface area (Å²) < 4.78 is 45.2. The molecule has 1 aliphatic heterocycles. The van der Waals surface area contributed by atoms with Crippen molar-refractivity contribution in [2.75, 3.05) is 26.7 Å². The molecule has 134 valence electrons. The fourth-order valence-electron chi connectivity index (χ4n) is 2.76. The second kappa shape index (κ2) is 7.48. The topological polar surface area (TPSA) is 51.5 Å². The zero-order chi connectivity index (χ0) is 17.9. The highest BCUT2D eigenvalue weighted by Crippen LogP contribution is 2.28. The first-order valence-corrected chi connectivity index (χ1v) is 7.87. The average molecular weight is 346 g/mol. The number of Topliss-reactive ketones (excluding diaryl/α,β-unsaturated/α-hetero) is 1. The first-order chi connectivity index (χ1) is 11.3. The van der Waals surface area contributed by atoms with Gasteiger partial charge in [0.1, 0.15) is 5.69 Å². The maximum absolute atomic E-state index is 13.1. The number of hydrogen-bond acceptors (Lipinski definition) is 4. The van der Waals surface area contributed by atoms with Crippen molar-refractivity contribution >= 4 is 5.78 Å². The highest BCUT2D eigenvalue weighted by Gasteiger charge is 2.35. The van der Waals surface area contributed by atoms with Gasteiger partial charge < -0.3 is 9.30 Å². The smallest absolute Gasteiger partial charge is 0.379 e. The van der Waals surface area contributed by atoms with Crippen molar-refractivity contribution in [2.45, 2.75) is 38.6 Å². The molecule has 0 amide bonds. The Kier molecular flexibility index (Phi) is 5.82. The van der Waals surface area contributed by atoms with E-state index < -0.39 is 23.2 Å². The highest BCUT2D eigenvalue weighted by atomic mass is 19.4. The molecule has 2 rings (SSSR count). The van der Waals surface area contributed by atoms with Gasteiger partial charge in [0.05, 0.1) is 11.7 Å². The zero-order valence-corrected chi connectivity index (χ0v) is 13.7. The minimum Gasteiger partial charge on any atom is -0.379 e. The Balaban J connectivity index is 2.16. The maximum atomic E-state index is 13.1. The first kappa shape index (κ1) is 18.7. The molecular formula is C16H21F3N2O3. The third-order valence-corrected chi connectivity index (χ3v) is 4.20. The summed E-state index contributed by atoms with van der Waals surface area (Å²) in [5.74, 6) is -0.451. The van der Waals surface area contributed by atoms with E-state index in [0.29, 0.717) is 17.5 Å². The van der Waals surface area contributed by atoms with Crippen LogP contribution in [0.3, 0.4) is 0 Å². The molecule has 1 aromatic heterocycles. The average Bonchev–Trinajstić information content (AvgIpc) is 2.48. The van der Waals surface area contributed by atoms with Crippen LogP contribution in [0.15, 0.2) is 16.9 Å². The van der Waals surface area contributed by atoms with E-state index in [9.17, 15) is 22.8 Å². The van der Waals surface area contributed by atoms with Crippen LogP contribution < -0.4 is 5.56 Å². The van der Waals surface area contributed by atoms with Gasteiger partial charge in [-0.25, -0.2) is 0 Å². The summed E-state index contributed by atoms with van der Waals surface area (Å²) in [6.07, 6.45) is -4.00. The zero-order valence-electron chi connectivity index (χ0n) is 13.7. The van der Waals surface area contributed by atoms with Crippen LogP contribution in [0.5, 0.6) is 0 Å². The van der Waals surface area contributed by atoms with E-state index in [-0.39, 0.29) is 24.6 Å². The van der Waals surface area contributed by atoms with E-state index >= 15 is 0 Å². The van der Waals surface area contributed by atoms with Crippen molar-refractivity contribution in [1.29, 1.82) is 0 Å². The van der Waals surface area contributed by atoms with E-state index in [1.807, 2.05) is 4.90 Å². The van der Waals surface area contributed by atoms with Gasteiger partial charge in [-0.15, -0.1) is 0 Å². The van der Waals surface area contributed by atoms with E-state index in [2.05, 4.69) is 0 Å². The maximum Gasteiger partial charge on any atom is 0.431 e. The fraction of sp³-hybridized carbons (Fsp3) is 0.625. The molecule has 1 aromatic rings. The number of ketones is 1. The van der Waals surface area contributed by atoms with Crippen LogP contribution in [0.4, 0.5) is 13.2 Å². The lowest BCUT2D eigenvalue weighted by Crippen LogP contribution is -2.52. The second-order valence-electron chi connectivity index (χ2n) is 5.83. The van der Waals surface area contributed by atoms with Gasteiger partial charge in [0.25, 0.3) is 5.56 Å². The van der Waals surface area contributed by atoms with Crippen LogP contribution >= 0.6 is 0 Å². The largest absolute Gasteiger partial charge is 0.431 e. The molecular weight excluding hydrogens is 325 g/mol. The minimum absolute atomic E-state index is 0.0762. The number of carbonyl (C=O) groups excluding carboxylic acids is 1. The third kappa shape index (κ3) is 4.05. The predicted molar refractivity (Wildman–Crippen MR) is 82.2 cm³/mol. The normalized spacial score (nSPS) is 16.2. The van der Waals surface area contributed by atoms with Gasteiger partial charge in [0, 0.05) is 39.7 Å². The number of aromatic nitrogens is 1. The second-order valence-corrected chi connectivity index (χ2v) is 5.83. The molecule has 0 radical (unpaired) electrons. The number of halogens is 3. The standard InChI is InChI=1S/C16H21F3N2O3/c1-3-13(22)12-5-6-14(16(17,18)19)21(15(12)23)8-4-7-20-9-11(10-20)24-2/h5-6,11H,3-4,7-10H2,1-2H3. The number of ether oxygens (including phenoxy) is 1. The number of alkyl halides is 3. The van der Waals surface area contributed by atoms with Crippen LogP contribution in [0.2, 0.25) is 0 Å². The molecule has 0 bridgehead atoms. The molecule has 24 heavy (non-hydrogen) atoms. The molecule has 1 fully saturated rings. The molecule has 8 heteroatoms. The van der Waals surface area contributed by atoms with Crippen molar-refractivity contribution in [3.05, 3.63) is 33.7 Å². The monoisotopic (exact) mass is 346 g/mol. The Morgan fingerprint density at radius 3 is 2.50 bits per heavy atom. The van der Waals surface area contributed by atoms with Crippen molar-refractivity contribution in [3.8, 4) is 0 Å². The molecule has 0 aromatic carbocycles. The Morgan fingerprint density at radius 2 is 1.96 bits per heavy atom. The van der Waals surface area contributed by atoms with E-state index in [0.717, 1.165) is 25.2 Å². The quantitative estimate of drug-likeness (QED) is 0.710. The number of methoxy groups -OCH3 is 1. The van der Waals surface area contributed by atoms with E-state index in [4.69, 9.17) is 4.74 Å². The number of nitrogens with zero attached hydrogens (tertiary/aromatic N) is 2. The highest BCUT2D eigenvalue weighted by molar-refractivity contribution is 5.95. The van der Waals surface area contributed by atoms with Gasteiger partial charge in [-0.05, 0) is 18.6 Å². The molecule has 1 aliphatic rings. The summed E-state index contributed by atoms with van der Waals surface area (Å²) in [5, 5.41) is 0. The lowest BCUT2D eigenvalue weighted by atomic mass is 10.1. The van der Waals surface area contributed by atoms with Gasteiger partial charge in [-0.2, -0.15) is 13.2 Å². The Bertz CT molecular complexity index is 649. The van der Waals surface area contributed by atoms with Gasteiger partial charge in [0.2, 0.25) is 0 Å². The summed E-state index contributed by atoms with van der Waals surface area (Å²) in [4.78, 5) is 26.1. The molecule has 0 saturated carbocycles. The number of pyridine rings is 1.